The molecule has 0 saturated heterocycles. The molecule has 8 nitrogen and oxygen atoms in total. The average molecular weight is 325 g/mol. The lowest BCUT2D eigenvalue weighted by atomic mass is 10.2. The van der Waals surface area contributed by atoms with Gasteiger partial charge in [-0.25, -0.2) is 0 Å². The Balaban J connectivity index is 2.00. The predicted octanol–water partition coefficient (Wildman–Crippen LogP) is 0.0180. The molecule has 116 valence electrons. The topological polar surface area (TPSA) is 109 Å². The van der Waals surface area contributed by atoms with Crippen molar-refractivity contribution in [2.75, 3.05) is 7.11 Å². The van der Waals surface area contributed by atoms with E-state index in [0.29, 0.717) is 10.8 Å². The van der Waals surface area contributed by atoms with Crippen LogP contribution in [0.15, 0.2) is 30.0 Å². The minimum Gasteiger partial charge on any atom is -0.496 e. The molecule has 1 aliphatic rings. The van der Waals surface area contributed by atoms with Crippen molar-refractivity contribution < 1.29 is 19.1 Å². The Bertz CT molecular complexity index is 659. The van der Waals surface area contributed by atoms with E-state index < -0.39 is 11.8 Å². The molecule has 0 atom stereocenters. The summed E-state index contributed by atoms with van der Waals surface area (Å²) < 4.78 is 5.05. The van der Waals surface area contributed by atoms with Gasteiger partial charge in [-0.15, -0.1) is 0 Å². The molecule has 0 aromatic heterocycles. The van der Waals surface area contributed by atoms with Gasteiger partial charge >= 0.3 is 0 Å². The molecule has 1 heterocycles. The fourth-order valence-corrected chi connectivity index (χ4v) is 1.86. The molecule has 22 heavy (non-hydrogen) atoms. The lowest BCUT2D eigenvalue weighted by Crippen LogP contribution is -2.49. The van der Waals surface area contributed by atoms with Crippen LogP contribution < -0.4 is 26.4 Å². The number of halogens is 1. The zero-order valence-corrected chi connectivity index (χ0v) is 12.3. The van der Waals surface area contributed by atoms with Crippen molar-refractivity contribution in [1.82, 2.24) is 21.7 Å². The fourth-order valence-electron chi connectivity index (χ4n) is 1.69. The first-order valence-electron chi connectivity index (χ1n) is 6.20. The first kappa shape index (κ1) is 15.6. The maximum Gasteiger partial charge on any atom is 0.287 e. The number of benzene rings is 1. The number of hydrogen-bond donors (Lipinski definition) is 4. The number of methoxy groups -OCH3 is 1. The molecule has 0 fully saturated rings. The highest BCUT2D eigenvalue weighted by atomic mass is 35.5. The van der Waals surface area contributed by atoms with Gasteiger partial charge in [-0.1, -0.05) is 11.6 Å². The molecule has 1 aromatic rings. The molecular formula is C13H13ClN4O4. The van der Waals surface area contributed by atoms with Crippen LogP contribution in [0.3, 0.4) is 0 Å². The first-order valence-corrected chi connectivity index (χ1v) is 6.58. The van der Waals surface area contributed by atoms with Crippen LogP contribution in [0.1, 0.15) is 16.8 Å². The smallest absolute Gasteiger partial charge is 0.287 e. The summed E-state index contributed by atoms with van der Waals surface area (Å²) >= 11 is 5.83. The summed E-state index contributed by atoms with van der Waals surface area (Å²) in [4.78, 5) is 34.8. The molecule has 0 aliphatic carbocycles. The second-order valence-corrected chi connectivity index (χ2v) is 4.68. The zero-order chi connectivity index (χ0) is 16.1. The molecule has 0 spiro atoms. The standard InChI is InChI=1S/C13H13ClN4O4/c1-22-10-4-2-7(14)6-8(10)12(20)17-18-13(21)9-3-5-11(19)16-15-9/h2-4,6,15H,5H2,1H3,(H,16,19)(H,17,20)(H,18,21). The third-order valence-corrected chi connectivity index (χ3v) is 3.00. The minimum atomic E-state index is -0.602. The highest BCUT2D eigenvalue weighted by molar-refractivity contribution is 6.31. The van der Waals surface area contributed by atoms with Crippen LogP contribution >= 0.6 is 11.6 Å². The molecule has 0 unspecified atom stereocenters. The quantitative estimate of drug-likeness (QED) is 0.586. The molecule has 0 saturated carbocycles. The fraction of sp³-hybridized carbons (Fsp3) is 0.154. The molecule has 3 amide bonds. The van der Waals surface area contributed by atoms with Crippen LogP contribution in [-0.4, -0.2) is 24.8 Å². The molecule has 9 heteroatoms. The van der Waals surface area contributed by atoms with Gasteiger partial charge in [0, 0.05) is 11.4 Å². The van der Waals surface area contributed by atoms with Gasteiger partial charge in [0.1, 0.15) is 11.4 Å². The second-order valence-electron chi connectivity index (χ2n) is 4.25. The van der Waals surface area contributed by atoms with Crippen molar-refractivity contribution in [3.8, 4) is 5.75 Å². The lowest BCUT2D eigenvalue weighted by Gasteiger charge is -2.16. The minimum absolute atomic E-state index is 0.0752. The molecule has 4 N–H and O–H groups in total. The third-order valence-electron chi connectivity index (χ3n) is 2.77. The second kappa shape index (κ2) is 6.81. The van der Waals surface area contributed by atoms with E-state index >= 15 is 0 Å². The van der Waals surface area contributed by atoms with Gasteiger partial charge < -0.3 is 4.74 Å². The number of carbonyl (C=O) groups is 3. The van der Waals surface area contributed by atoms with Crippen molar-refractivity contribution in [3.05, 3.63) is 40.6 Å². The number of rotatable bonds is 3. The highest BCUT2D eigenvalue weighted by Crippen LogP contribution is 2.22. The molecule has 1 aromatic carbocycles. The number of carbonyl (C=O) groups excluding carboxylic acids is 3. The predicted molar refractivity (Wildman–Crippen MR) is 77.6 cm³/mol. The van der Waals surface area contributed by atoms with Gasteiger partial charge in [0.25, 0.3) is 11.8 Å². The van der Waals surface area contributed by atoms with Crippen LogP contribution in [0.2, 0.25) is 5.02 Å². The summed E-state index contributed by atoms with van der Waals surface area (Å²) in [6.45, 7) is 0. The van der Waals surface area contributed by atoms with Crippen LogP contribution in [-0.2, 0) is 9.59 Å². The van der Waals surface area contributed by atoms with Gasteiger partial charge in [-0.3, -0.25) is 36.1 Å². The Morgan fingerprint density at radius 3 is 2.59 bits per heavy atom. The normalized spacial score (nSPS) is 13.4. The molecular weight excluding hydrogens is 312 g/mol. The average Bonchev–Trinajstić information content (AvgIpc) is 2.53. The van der Waals surface area contributed by atoms with Crippen molar-refractivity contribution in [1.29, 1.82) is 0 Å². The van der Waals surface area contributed by atoms with E-state index in [4.69, 9.17) is 16.3 Å². The van der Waals surface area contributed by atoms with E-state index in [0.717, 1.165) is 0 Å². The molecule has 2 rings (SSSR count). The Kier molecular flexibility index (Phi) is 4.84. The van der Waals surface area contributed by atoms with E-state index in [-0.39, 0.29) is 23.6 Å². The van der Waals surface area contributed by atoms with E-state index in [2.05, 4.69) is 21.7 Å². The molecule has 0 bridgehead atoms. The summed E-state index contributed by atoms with van der Waals surface area (Å²) in [5.41, 5.74) is 9.46. The van der Waals surface area contributed by atoms with Crippen molar-refractivity contribution in [2.45, 2.75) is 6.42 Å². The first-order chi connectivity index (χ1) is 10.5. The summed E-state index contributed by atoms with van der Waals surface area (Å²) in [6, 6.07) is 4.54. The summed E-state index contributed by atoms with van der Waals surface area (Å²) in [6.07, 6.45) is 1.48. The maximum absolute atomic E-state index is 12.0. The number of nitrogens with one attached hydrogen (secondary N) is 4. The van der Waals surface area contributed by atoms with Crippen molar-refractivity contribution in [3.63, 3.8) is 0 Å². The van der Waals surface area contributed by atoms with Crippen LogP contribution in [0.4, 0.5) is 0 Å². The molecule has 0 radical (unpaired) electrons. The Labute approximate surface area is 130 Å². The van der Waals surface area contributed by atoms with E-state index in [1.807, 2.05) is 0 Å². The van der Waals surface area contributed by atoms with Crippen LogP contribution in [0.5, 0.6) is 5.75 Å². The monoisotopic (exact) mass is 324 g/mol. The van der Waals surface area contributed by atoms with E-state index in [9.17, 15) is 14.4 Å². The SMILES string of the molecule is COc1ccc(Cl)cc1C(=O)NNC(=O)C1=CCC(=O)NN1. The number of hydrogen-bond acceptors (Lipinski definition) is 5. The van der Waals surface area contributed by atoms with Crippen molar-refractivity contribution >= 4 is 29.3 Å². The van der Waals surface area contributed by atoms with Gasteiger partial charge in [-0.05, 0) is 24.3 Å². The largest absolute Gasteiger partial charge is 0.496 e. The maximum atomic E-state index is 12.0. The zero-order valence-electron chi connectivity index (χ0n) is 11.5. The van der Waals surface area contributed by atoms with E-state index in [1.165, 1.54) is 19.3 Å². The number of hydrazine groups is 2. The van der Waals surface area contributed by atoms with Crippen molar-refractivity contribution in [2.24, 2.45) is 0 Å². The number of ether oxygens (including phenoxy) is 1. The Morgan fingerprint density at radius 1 is 1.23 bits per heavy atom. The molecule has 1 aliphatic heterocycles. The van der Waals surface area contributed by atoms with Crippen LogP contribution in [0, 0.1) is 0 Å². The highest BCUT2D eigenvalue weighted by Gasteiger charge is 2.17. The van der Waals surface area contributed by atoms with Crippen LogP contribution in [0.25, 0.3) is 0 Å². The third kappa shape index (κ3) is 3.67. The van der Waals surface area contributed by atoms with Gasteiger partial charge in [0.2, 0.25) is 5.91 Å². The Hall–Kier alpha value is -2.74. The number of amides is 3. The lowest BCUT2D eigenvalue weighted by molar-refractivity contribution is -0.122. The van der Waals surface area contributed by atoms with Gasteiger partial charge in [0.05, 0.1) is 12.7 Å². The summed E-state index contributed by atoms with van der Waals surface area (Å²) in [5.74, 6) is -1.13. The Morgan fingerprint density at radius 2 is 1.95 bits per heavy atom. The summed E-state index contributed by atoms with van der Waals surface area (Å²) in [5, 5.41) is 0.358. The summed E-state index contributed by atoms with van der Waals surface area (Å²) in [7, 11) is 1.41. The van der Waals surface area contributed by atoms with E-state index in [1.54, 1.807) is 12.1 Å². The van der Waals surface area contributed by atoms with Gasteiger partial charge in [0.15, 0.2) is 0 Å². The van der Waals surface area contributed by atoms with Gasteiger partial charge in [-0.2, -0.15) is 0 Å².